The van der Waals surface area contributed by atoms with E-state index >= 15 is 0 Å². The molecule has 0 fully saturated rings. The van der Waals surface area contributed by atoms with E-state index in [1.54, 1.807) is 12.1 Å². The molecule has 7 nitrogen and oxygen atoms in total. The molecule has 0 saturated carbocycles. The minimum absolute atomic E-state index is 0.00156. The van der Waals surface area contributed by atoms with Crippen molar-refractivity contribution in [3.63, 3.8) is 0 Å². The van der Waals surface area contributed by atoms with Crippen molar-refractivity contribution in [2.45, 2.75) is 31.2 Å². The maximum atomic E-state index is 13.3. The third kappa shape index (κ3) is 4.69. The molecule has 32 heavy (non-hydrogen) atoms. The van der Waals surface area contributed by atoms with Gasteiger partial charge in [0.25, 0.3) is 0 Å². The molecule has 2 N–H and O–H groups in total. The highest BCUT2D eigenvalue weighted by atomic mass is 32.2. The van der Waals surface area contributed by atoms with Crippen LogP contribution in [0.1, 0.15) is 16.7 Å². The molecule has 4 rings (SSSR count). The summed E-state index contributed by atoms with van der Waals surface area (Å²) in [6.45, 7) is 3.80. The fourth-order valence-corrected chi connectivity index (χ4v) is 5.47. The van der Waals surface area contributed by atoms with Gasteiger partial charge in [0.1, 0.15) is 22.0 Å². The van der Waals surface area contributed by atoms with E-state index in [-0.39, 0.29) is 11.3 Å². The Kier molecular flexibility index (Phi) is 6.31. The Hall–Kier alpha value is -3.14. The maximum absolute atomic E-state index is 13.3. The van der Waals surface area contributed by atoms with Crippen molar-refractivity contribution in [2.24, 2.45) is 0 Å². The van der Waals surface area contributed by atoms with E-state index in [1.165, 1.54) is 6.07 Å². The number of nitrogens with zero attached hydrogens (tertiary/aromatic N) is 2. The number of hydrogen-bond acceptors (Lipinski definition) is 6. The van der Waals surface area contributed by atoms with Crippen LogP contribution in [0.25, 0.3) is 11.0 Å². The number of aryl methyl sites for hydroxylation is 2. The summed E-state index contributed by atoms with van der Waals surface area (Å²) in [6, 6.07) is 18.8. The molecule has 0 bridgehead atoms. The number of nitrogens with one attached hydrogen (secondary N) is 2. The van der Waals surface area contributed by atoms with Gasteiger partial charge in [-0.05, 0) is 49.1 Å². The lowest BCUT2D eigenvalue weighted by molar-refractivity contribution is -0.117. The number of rotatable bonds is 7. The maximum Gasteiger partial charge on any atom is 0.243 e. The smallest absolute Gasteiger partial charge is 0.243 e. The normalized spacial score (nSPS) is 12.6. The molecule has 0 aliphatic heterocycles. The van der Waals surface area contributed by atoms with E-state index in [0.29, 0.717) is 16.7 Å². The molecule has 1 amide bonds. The molecule has 4 aromatic rings. The topological polar surface area (TPSA) is 101 Å². The van der Waals surface area contributed by atoms with E-state index in [9.17, 15) is 13.2 Å². The van der Waals surface area contributed by atoms with Crippen molar-refractivity contribution in [2.75, 3.05) is 5.32 Å². The van der Waals surface area contributed by atoms with Crippen molar-refractivity contribution in [1.29, 1.82) is 0 Å². The number of anilines is 1. The number of para-hydroxylation sites is 1. The number of carbonyl (C=O) groups is 1. The molecule has 3 aromatic carbocycles. The van der Waals surface area contributed by atoms with Crippen molar-refractivity contribution < 1.29 is 13.2 Å². The zero-order chi connectivity index (χ0) is 22.7. The van der Waals surface area contributed by atoms with Gasteiger partial charge in [-0.3, -0.25) is 4.79 Å². The van der Waals surface area contributed by atoms with Gasteiger partial charge in [0.2, 0.25) is 15.9 Å². The monoisotopic (exact) mass is 466 g/mol. The Bertz CT molecular complexity index is 1350. The number of benzene rings is 3. The summed E-state index contributed by atoms with van der Waals surface area (Å²) in [7, 11) is -4.04. The number of sulfonamides is 1. The molecular weight excluding hydrogens is 444 g/mol. The van der Waals surface area contributed by atoms with Crippen molar-refractivity contribution in [1.82, 2.24) is 13.5 Å². The van der Waals surface area contributed by atoms with Gasteiger partial charge in [-0.15, -0.1) is 0 Å². The first-order valence-corrected chi connectivity index (χ1v) is 12.2. The number of hydrogen-bond donors (Lipinski definition) is 2. The third-order valence-corrected chi connectivity index (χ3v) is 7.21. The lowest BCUT2D eigenvalue weighted by atomic mass is 10.0. The van der Waals surface area contributed by atoms with Gasteiger partial charge in [0.15, 0.2) is 0 Å². The fraction of sp³-hybridized carbons (Fsp3) is 0.174. The number of aromatic nitrogens is 2. The van der Waals surface area contributed by atoms with Crippen LogP contribution in [-0.2, 0) is 21.2 Å². The van der Waals surface area contributed by atoms with Gasteiger partial charge in [-0.1, -0.05) is 54.6 Å². The van der Waals surface area contributed by atoms with E-state index < -0.39 is 22.0 Å². The standard InChI is InChI=1S/C23H22N4O3S2/c1-15-8-6-9-16(2)21(15)24-23(28)19(14-17-10-4-3-5-11-17)27-32(29,30)20-13-7-12-18-22(20)26-31-25-18/h3-13,19,27H,14H2,1-2H3,(H,24,28)/t19-/m1/s1. The Morgan fingerprint density at radius 2 is 1.62 bits per heavy atom. The van der Waals surface area contributed by atoms with Crippen LogP contribution in [0.5, 0.6) is 0 Å². The van der Waals surface area contributed by atoms with Crippen LogP contribution >= 0.6 is 11.7 Å². The van der Waals surface area contributed by atoms with Crippen LogP contribution < -0.4 is 10.0 Å². The Morgan fingerprint density at radius 3 is 2.34 bits per heavy atom. The van der Waals surface area contributed by atoms with Gasteiger partial charge in [-0.25, -0.2) is 8.42 Å². The average Bonchev–Trinajstić information content (AvgIpc) is 3.25. The molecule has 0 spiro atoms. The van der Waals surface area contributed by atoms with Crippen LogP contribution in [0.4, 0.5) is 5.69 Å². The molecule has 0 unspecified atom stereocenters. The molecular formula is C23H22N4O3S2. The lowest BCUT2D eigenvalue weighted by Gasteiger charge is -2.20. The summed E-state index contributed by atoms with van der Waals surface area (Å²) in [4.78, 5) is 13.3. The predicted octanol–water partition coefficient (Wildman–Crippen LogP) is 3.84. The van der Waals surface area contributed by atoms with E-state index in [0.717, 1.165) is 28.4 Å². The first-order chi connectivity index (χ1) is 15.3. The van der Waals surface area contributed by atoms with Crippen LogP contribution in [0.2, 0.25) is 0 Å². The zero-order valence-corrected chi connectivity index (χ0v) is 19.2. The highest BCUT2D eigenvalue weighted by molar-refractivity contribution is 7.89. The van der Waals surface area contributed by atoms with E-state index in [1.807, 2.05) is 62.4 Å². The molecule has 1 atom stereocenters. The van der Waals surface area contributed by atoms with Gasteiger partial charge in [0.05, 0.1) is 11.7 Å². The molecule has 164 valence electrons. The molecule has 0 radical (unpaired) electrons. The highest BCUT2D eigenvalue weighted by Gasteiger charge is 2.28. The number of fused-ring (bicyclic) bond motifs is 1. The lowest BCUT2D eigenvalue weighted by Crippen LogP contribution is -2.45. The molecule has 1 heterocycles. The number of amides is 1. The average molecular weight is 467 g/mol. The summed E-state index contributed by atoms with van der Waals surface area (Å²) >= 11 is 0.944. The van der Waals surface area contributed by atoms with Crippen molar-refractivity contribution >= 4 is 44.4 Å². The minimum Gasteiger partial charge on any atom is -0.324 e. The van der Waals surface area contributed by atoms with E-state index in [4.69, 9.17) is 0 Å². The van der Waals surface area contributed by atoms with Gasteiger partial charge >= 0.3 is 0 Å². The Morgan fingerprint density at radius 1 is 0.938 bits per heavy atom. The SMILES string of the molecule is Cc1cccc(C)c1NC(=O)[C@@H](Cc1ccccc1)NS(=O)(=O)c1cccc2nsnc12. The van der Waals surface area contributed by atoms with Crippen LogP contribution in [0.15, 0.2) is 71.6 Å². The molecule has 0 aliphatic carbocycles. The summed E-state index contributed by atoms with van der Waals surface area (Å²) in [6.07, 6.45) is 0.197. The van der Waals surface area contributed by atoms with Crippen molar-refractivity contribution in [3.05, 3.63) is 83.4 Å². The van der Waals surface area contributed by atoms with Crippen molar-refractivity contribution in [3.8, 4) is 0 Å². The summed E-state index contributed by atoms with van der Waals surface area (Å²) in [5.41, 5.74) is 4.11. The quantitative estimate of drug-likeness (QED) is 0.431. The van der Waals surface area contributed by atoms with Gasteiger partial charge in [0, 0.05) is 5.69 Å². The predicted molar refractivity (Wildman–Crippen MR) is 126 cm³/mol. The van der Waals surface area contributed by atoms with E-state index in [2.05, 4.69) is 18.8 Å². The minimum atomic E-state index is -4.04. The first kappa shape index (κ1) is 22.1. The second-order valence-corrected chi connectivity index (χ2v) is 9.72. The molecule has 0 saturated heterocycles. The molecule has 9 heteroatoms. The van der Waals surface area contributed by atoms with Crippen LogP contribution in [-0.4, -0.2) is 29.1 Å². The molecule has 0 aliphatic rings. The van der Waals surface area contributed by atoms with Crippen LogP contribution in [0, 0.1) is 13.8 Å². The summed E-state index contributed by atoms with van der Waals surface area (Å²) in [5, 5.41) is 2.91. The number of carbonyl (C=O) groups excluding carboxylic acids is 1. The first-order valence-electron chi connectivity index (χ1n) is 10.00. The third-order valence-electron chi connectivity index (χ3n) is 5.16. The summed E-state index contributed by atoms with van der Waals surface area (Å²) in [5.74, 6) is -0.432. The molecule has 1 aromatic heterocycles. The highest BCUT2D eigenvalue weighted by Crippen LogP contribution is 2.23. The Balaban J connectivity index is 1.67. The largest absolute Gasteiger partial charge is 0.324 e. The van der Waals surface area contributed by atoms with Crippen LogP contribution in [0.3, 0.4) is 0 Å². The zero-order valence-electron chi connectivity index (χ0n) is 17.6. The van der Waals surface area contributed by atoms with Gasteiger partial charge in [-0.2, -0.15) is 13.5 Å². The van der Waals surface area contributed by atoms with Gasteiger partial charge < -0.3 is 5.32 Å². The second-order valence-electron chi connectivity index (χ2n) is 7.51. The fourth-order valence-electron chi connectivity index (χ4n) is 3.51. The summed E-state index contributed by atoms with van der Waals surface area (Å²) < 4.78 is 37.4. The Labute approximate surface area is 190 Å². The second kappa shape index (κ2) is 9.15.